The smallest absolute Gasteiger partial charge is 0.322 e. The number of piperazine rings is 1. The van der Waals surface area contributed by atoms with E-state index >= 15 is 0 Å². The second-order valence-corrected chi connectivity index (χ2v) is 6.64. The van der Waals surface area contributed by atoms with E-state index in [1.54, 1.807) is 12.4 Å². The number of hydrogen-bond donors (Lipinski definition) is 2. The number of benzene rings is 1. The van der Waals surface area contributed by atoms with Crippen molar-refractivity contribution in [2.75, 3.05) is 41.7 Å². The number of amides is 2. The zero-order valence-corrected chi connectivity index (χ0v) is 15.9. The number of nitrogens with zero attached hydrogens (tertiary/aromatic N) is 5. The molecule has 1 fully saturated rings. The van der Waals surface area contributed by atoms with Crippen LogP contribution < -0.4 is 15.5 Å². The predicted molar refractivity (Wildman–Crippen MR) is 109 cm³/mol. The SMILES string of the molecule is O=C(Nc1c(F)cccc1F)N1CCN(c2ccc(Nc3cccnc3)nn2)CC1. The van der Waals surface area contributed by atoms with Gasteiger partial charge in [-0.25, -0.2) is 13.6 Å². The lowest BCUT2D eigenvalue weighted by Crippen LogP contribution is -2.50. The van der Waals surface area contributed by atoms with Crippen LogP contribution in [-0.2, 0) is 0 Å². The molecular formula is C20H19F2N7O. The lowest BCUT2D eigenvalue weighted by Gasteiger charge is -2.35. The van der Waals surface area contributed by atoms with E-state index in [4.69, 9.17) is 0 Å². The number of aromatic nitrogens is 3. The highest BCUT2D eigenvalue weighted by molar-refractivity contribution is 5.89. The highest BCUT2D eigenvalue weighted by Gasteiger charge is 2.23. The largest absolute Gasteiger partial charge is 0.352 e. The van der Waals surface area contributed by atoms with E-state index in [9.17, 15) is 13.6 Å². The standard InChI is InChI=1S/C20H19F2N7O/c21-15-4-1-5-16(22)19(15)25-20(30)29-11-9-28(10-12-29)18-7-6-17(26-27-18)24-14-3-2-8-23-13-14/h1-8,13H,9-12H2,(H,24,26)(H,25,30). The Kier molecular flexibility index (Phi) is 5.64. The molecule has 0 spiro atoms. The van der Waals surface area contributed by atoms with Crippen molar-refractivity contribution in [2.45, 2.75) is 0 Å². The second kappa shape index (κ2) is 8.68. The highest BCUT2D eigenvalue weighted by atomic mass is 19.1. The average Bonchev–Trinajstić information content (AvgIpc) is 2.78. The van der Waals surface area contributed by atoms with Gasteiger partial charge in [-0.3, -0.25) is 4.98 Å². The van der Waals surface area contributed by atoms with Gasteiger partial charge in [-0.15, -0.1) is 10.2 Å². The Hall–Kier alpha value is -3.82. The molecule has 3 heterocycles. The number of carbonyl (C=O) groups excluding carboxylic acids is 1. The first-order valence-corrected chi connectivity index (χ1v) is 9.36. The minimum atomic E-state index is -0.808. The minimum absolute atomic E-state index is 0.388. The van der Waals surface area contributed by atoms with Gasteiger partial charge in [0.1, 0.15) is 17.3 Å². The molecule has 30 heavy (non-hydrogen) atoms. The maximum atomic E-state index is 13.7. The maximum Gasteiger partial charge on any atom is 0.322 e. The summed E-state index contributed by atoms with van der Waals surface area (Å²) in [4.78, 5) is 19.9. The molecule has 1 aliphatic rings. The summed E-state index contributed by atoms with van der Waals surface area (Å²) in [5.41, 5.74) is 0.373. The van der Waals surface area contributed by atoms with Gasteiger partial charge in [-0.05, 0) is 36.4 Å². The fraction of sp³-hybridized carbons (Fsp3) is 0.200. The molecule has 1 aliphatic heterocycles. The summed E-state index contributed by atoms with van der Waals surface area (Å²) >= 11 is 0. The van der Waals surface area contributed by atoms with Crippen molar-refractivity contribution in [3.63, 3.8) is 0 Å². The van der Waals surface area contributed by atoms with Gasteiger partial charge in [-0.1, -0.05) is 6.07 Å². The summed E-state index contributed by atoms with van der Waals surface area (Å²) in [5, 5.41) is 13.8. The summed E-state index contributed by atoms with van der Waals surface area (Å²) in [7, 11) is 0. The van der Waals surface area contributed by atoms with Gasteiger partial charge >= 0.3 is 6.03 Å². The van der Waals surface area contributed by atoms with E-state index in [-0.39, 0.29) is 0 Å². The first kappa shape index (κ1) is 19.5. The fourth-order valence-corrected chi connectivity index (χ4v) is 3.09. The summed E-state index contributed by atoms with van der Waals surface area (Å²) in [6, 6.07) is 10.3. The fourth-order valence-electron chi connectivity index (χ4n) is 3.09. The number of anilines is 4. The van der Waals surface area contributed by atoms with Crippen molar-refractivity contribution in [3.05, 3.63) is 66.5 Å². The first-order valence-electron chi connectivity index (χ1n) is 9.36. The second-order valence-electron chi connectivity index (χ2n) is 6.64. The quantitative estimate of drug-likeness (QED) is 0.686. The number of nitrogens with one attached hydrogen (secondary N) is 2. The predicted octanol–water partition coefficient (Wildman–Crippen LogP) is 3.25. The first-order chi connectivity index (χ1) is 14.6. The van der Waals surface area contributed by atoms with Gasteiger partial charge in [0.15, 0.2) is 11.6 Å². The molecule has 10 heteroatoms. The molecule has 1 aromatic carbocycles. The number of para-hydroxylation sites is 1. The third-order valence-electron chi connectivity index (χ3n) is 4.67. The van der Waals surface area contributed by atoms with Gasteiger partial charge < -0.3 is 20.4 Å². The molecule has 0 saturated carbocycles. The molecule has 3 aromatic rings. The Morgan fingerprint density at radius 2 is 1.70 bits per heavy atom. The molecule has 0 aliphatic carbocycles. The zero-order valence-electron chi connectivity index (χ0n) is 15.9. The van der Waals surface area contributed by atoms with Crippen LogP contribution >= 0.6 is 0 Å². The molecule has 1 saturated heterocycles. The van der Waals surface area contributed by atoms with Crippen LogP contribution in [0.25, 0.3) is 0 Å². The molecular weight excluding hydrogens is 392 g/mol. The highest BCUT2D eigenvalue weighted by Crippen LogP contribution is 2.20. The van der Waals surface area contributed by atoms with Crippen molar-refractivity contribution in [1.82, 2.24) is 20.1 Å². The van der Waals surface area contributed by atoms with Crippen LogP contribution in [0.3, 0.4) is 0 Å². The van der Waals surface area contributed by atoms with Crippen LogP contribution in [0.5, 0.6) is 0 Å². The Balaban J connectivity index is 1.32. The van der Waals surface area contributed by atoms with Crippen molar-refractivity contribution in [1.29, 1.82) is 0 Å². The van der Waals surface area contributed by atoms with Gasteiger partial charge in [0.05, 0.1) is 11.9 Å². The van der Waals surface area contributed by atoms with Crippen LogP contribution in [0, 0.1) is 11.6 Å². The Morgan fingerprint density at radius 1 is 0.933 bits per heavy atom. The number of hydrogen-bond acceptors (Lipinski definition) is 6. The molecule has 4 rings (SSSR count). The molecule has 154 valence electrons. The molecule has 2 aromatic heterocycles. The van der Waals surface area contributed by atoms with E-state index in [1.807, 2.05) is 29.2 Å². The van der Waals surface area contributed by atoms with Gasteiger partial charge in [0, 0.05) is 32.4 Å². The van der Waals surface area contributed by atoms with Crippen molar-refractivity contribution >= 4 is 29.0 Å². The van der Waals surface area contributed by atoms with E-state index in [2.05, 4.69) is 25.8 Å². The number of urea groups is 1. The molecule has 0 atom stereocenters. The Bertz CT molecular complexity index is 989. The van der Waals surface area contributed by atoms with E-state index in [1.165, 1.54) is 11.0 Å². The Labute approximate surface area is 171 Å². The normalized spacial score (nSPS) is 13.8. The number of pyridine rings is 1. The third-order valence-corrected chi connectivity index (χ3v) is 4.67. The molecule has 8 nitrogen and oxygen atoms in total. The minimum Gasteiger partial charge on any atom is -0.352 e. The monoisotopic (exact) mass is 411 g/mol. The third kappa shape index (κ3) is 4.43. The van der Waals surface area contributed by atoms with E-state index in [0.29, 0.717) is 37.8 Å². The zero-order chi connectivity index (χ0) is 20.9. The maximum absolute atomic E-state index is 13.7. The van der Waals surface area contributed by atoms with Crippen LogP contribution in [0.15, 0.2) is 54.9 Å². The van der Waals surface area contributed by atoms with Gasteiger partial charge in [-0.2, -0.15) is 0 Å². The summed E-state index contributed by atoms with van der Waals surface area (Å²) < 4.78 is 27.5. The summed E-state index contributed by atoms with van der Waals surface area (Å²) in [6.07, 6.45) is 3.37. The van der Waals surface area contributed by atoms with Gasteiger partial charge in [0.2, 0.25) is 0 Å². The Morgan fingerprint density at radius 3 is 2.33 bits per heavy atom. The number of halogens is 2. The lowest BCUT2D eigenvalue weighted by molar-refractivity contribution is 0.208. The van der Waals surface area contributed by atoms with Gasteiger partial charge in [0.25, 0.3) is 0 Å². The van der Waals surface area contributed by atoms with E-state index in [0.717, 1.165) is 17.8 Å². The van der Waals surface area contributed by atoms with Crippen molar-refractivity contribution < 1.29 is 13.6 Å². The van der Waals surface area contributed by atoms with Crippen LogP contribution in [0.2, 0.25) is 0 Å². The number of carbonyl (C=O) groups is 1. The average molecular weight is 411 g/mol. The molecule has 2 N–H and O–H groups in total. The van der Waals surface area contributed by atoms with Crippen molar-refractivity contribution in [2.24, 2.45) is 0 Å². The summed E-state index contributed by atoms with van der Waals surface area (Å²) in [5.74, 6) is -0.335. The number of rotatable bonds is 4. The lowest BCUT2D eigenvalue weighted by atomic mass is 10.3. The topological polar surface area (TPSA) is 86.3 Å². The van der Waals surface area contributed by atoms with Crippen LogP contribution in [0.1, 0.15) is 0 Å². The molecule has 2 amide bonds. The molecule has 0 radical (unpaired) electrons. The molecule has 0 unspecified atom stereocenters. The van der Waals surface area contributed by atoms with Crippen LogP contribution in [0.4, 0.5) is 36.6 Å². The van der Waals surface area contributed by atoms with Crippen molar-refractivity contribution in [3.8, 4) is 0 Å². The van der Waals surface area contributed by atoms with E-state index < -0.39 is 23.4 Å². The summed E-state index contributed by atoms with van der Waals surface area (Å²) in [6.45, 7) is 1.83. The molecule has 0 bridgehead atoms. The van der Waals surface area contributed by atoms with Crippen LogP contribution in [-0.4, -0.2) is 52.3 Å².